The van der Waals surface area contributed by atoms with Crippen molar-refractivity contribution in [3.05, 3.63) is 29.8 Å². The lowest BCUT2D eigenvalue weighted by Crippen LogP contribution is -2.46. The van der Waals surface area contributed by atoms with E-state index >= 15 is 0 Å². The lowest BCUT2D eigenvalue weighted by Gasteiger charge is -2.25. The lowest BCUT2D eigenvalue weighted by molar-refractivity contribution is -0.143. The predicted octanol–water partition coefficient (Wildman–Crippen LogP) is 3.09. The average Bonchev–Trinajstić information content (AvgIpc) is 3.30. The number of guanidine groups is 1. The van der Waals surface area contributed by atoms with Crippen LogP contribution in [-0.2, 0) is 0 Å². The van der Waals surface area contributed by atoms with E-state index in [4.69, 9.17) is 4.74 Å². The van der Waals surface area contributed by atoms with E-state index in [-0.39, 0.29) is 6.04 Å². The largest absolute Gasteiger partial charge is 0.497 e. The summed E-state index contributed by atoms with van der Waals surface area (Å²) in [6.45, 7) is 4.39. The number of halogens is 3. The number of aliphatic imine (C=N–C) groups is 1. The van der Waals surface area contributed by atoms with E-state index in [1.165, 1.54) is 10.5 Å². The van der Waals surface area contributed by atoms with Gasteiger partial charge in [-0.2, -0.15) is 13.2 Å². The van der Waals surface area contributed by atoms with Gasteiger partial charge in [0.2, 0.25) is 0 Å². The molecule has 2 saturated heterocycles. The summed E-state index contributed by atoms with van der Waals surface area (Å²) >= 11 is 0. The number of methoxy groups -OCH3 is 1. The van der Waals surface area contributed by atoms with E-state index in [9.17, 15) is 13.2 Å². The standard InChI is InChI=1S/C20H29F3N4O/c1-3-24-19(25-17-9-10-26(13-17)14-20(21,22)23)27-11-8-16(12-27)15-4-6-18(28-2)7-5-15/h4-7,16-17H,3,8-14H2,1-2H3,(H,24,25). The number of alkyl halides is 3. The first-order valence-corrected chi connectivity index (χ1v) is 9.87. The molecule has 1 aromatic rings. The van der Waals surface area contributed by atoms with E-state index in [0.29, 0.717) is 32.0 Å². The van der Waals surface area contributed by atoms with Gasteiger partial charge in [-0.1, -0.05) is 12.1 Å². The molecule has 0 aliphatic carbocycles. The molecule has 1 N–H and O–H groups in total. The van der Waals surface area contributed by atoms with Crippen molar-refractivity contribution < 1.29 is 17.9 Å². The van der Waals surface area contributed by atoms with Crippen molar-refractivity contribution >= 4 is 5.96 Å². The molecule has 0 spiro atoms. The van der Waals surface area contributed by atoms with Gasteiger partial charge in [0, 0.05) is 44.7 Å². The molecule has 0 aromatic heterocycles. The molecular weight excluding hydrogens is 369 g/mol. The first-order valence-electron chi connectivity index (χ1n) is 9.87. The van der Waals surface area contributed by atoms with Gasteiger partial charge in [0.15, 0.2) is 5.96 Å². The van der Waals surface area contributed by atoms with E-state index in [0.717, 1.165) is 31.2 Å². The minimum absolute atomic E-state index is 0.00712. The number of rotatable bonds is 5. The van der Waals surface area contributed by atoms with Gasteiger partial charge in [-0.15, -0.1) is 0 Å². The van der Waals surface area contributed by atoms with Crippen LogP contribution in [0.2, 0.25) is 0 Å². The Morgan fingerprint density at radius 2 is 1.93 bits per heavy atom. The van der Waals surface area contributed by atoms with E-state index < -0.39 is 12.7 Å². The van der Waals surface area contributed by atoms with Gasteiger partial charge in [-0.3, -0.25) is 9.89 Å². The number of hydrogen-bond acceptors (Lipinski definition) is 3. The fourth-order valence-corrected chi connectivity index (χ4v) is 4.02. The Morgan fingerprint density at radius 1 is 1.18 bits per heavy atom. The van der Waals surface area contributed by atoms with Crippen LogP contribution in [0.15, 0.2) is 29.3 Å². The highest BCUT2D eigenvalue weighted by Crippen LogP contribution is 2.29. The zero-order valence-corrected chi connectivity index (χ0v) is 16.5. The maximum atomic E-state index is 12.6. The van der Waals surface area contributed by atoms with Crippen LogP contribution in [0, 0.1) is 0 Å². The quantitative estimate of drug-likeness (QED) is 0.611. The van der Waals surface area contributed by atoms with Gasteiger partial charge in [0.1, 0.15) is 5.75 Å². The number of hydrogen-bond donors (Lipinski definition) is 1. The summed E-state index contributed by atoms with van der Waals surface area (Å²) in [6, 6.07) is 8.16. The monoisotopic (exact) mass is 398 g/mol. The topological polar surface area (TPSA) is 40.1 Å². The fourth-order valence-electron chi connectivity index (χ4n) is 4.02. The molecule has 2 fully saturated rings. The van der Waals surface area contributed by atoms with Gasteiger partial charge in [-0.05, 0) is 37.5 Å². The predicted molar refractivity (Wildman–Crippen MR) is 104 cm³/mol. The van der Waals surface area contributed by atoms with E-state index in [2.05, 4.69) is 27.3 Å². The molecule has 1 aromatic carbocycles. The third-order valence-electron chi connectivity index (χ3n) is 5.39. The minimum Gasteiger partial charge on any atom is -0.497 e. The maximum absolute atomic E-state index is 12.6. The molecular formula is C20H29F3N4O. The Balaban J connectivity index is 1.57. The zero-order valence-electron chi connectivity index (χ0n) is 16.5. The summed E-state index contributed by atoms with van der Waals surface area (Å²) in [5.74, 6) is 2.08. The highest BCUT2D eigenvalue weighted by molar-refractivity contribution is 5.80. The van der Waals surface area contributed by atoms with Gasteiger partial charge >= 0.3 is 6.18 Å². The highest BCUT2D eigenvalue weighted by Gasteiger charge is 2.35. The summed E-state index contributed by atoms with van der Waals surface area (Å²) in [6.07, 6.45) is -2.41. The fraction of sp³-hybridized carbons (Fsp3) is 0.650. The van der Waals surface area contributed by atoms with E-state index in [1.807, 2.05) is 19.1 Å². The molecule has 2 unspecified atom stereocenters. The summed E-state index contributed by atoms with van der Waals surface area (Å²) in [5, 5.41) is 3.41. The molecule has 0 bridgehead atoms. The van der Waals surface area contributed by atoms with Crippen molar-refractivity contribution in [1.29, 1.82) is 0 Å². The Bertz CT molecular complexity index is 662. The lowest BCUT2D eigenvalue weighted by atomic mass is 9.98. The Labute approximate surface area is 164 Å². The molecule has 0 amide bonds. The van der Waals surface area contributed by atoms with Crippen molar-refractivity contribution in [3.8, 4) is 5.75 Å². The molecule has 156 valence electrons. The summed E-state index contributed by atoms with van der Waals surface area (Å²) in [7, 11) is 1.66. The first kappa shape index (κ1) is 20.8. The number of ether oxygens (including phenoxy) is 1. The number of benzene rings is 1. The third kappa shape index (κ3) is 5.53. The average molecular weight is 398 g/mol. The van der Waals surface area contributed by atoms with Gasteiger partial charge in [0.05, 0.1) is 13.7 Å². The first-order chi connectivity index (χ1) is 13.4. The van der Waals surface area contributed by atoms with Gasteiger partial charge in [-0.25, -0.2) is 0 Å². The van der Waals surface area contributed by atoms with Crippen LogP contribution < -0.4 is 10.1 Å². The van der Waals surface area contributed by atoms with Crippen molar-refractivity contribution in [2.45, 2.75) is 37.9 Å². The smallest absolute Gasteiger partial charge is 0.401 e. The van der Waals surface area contributed by atoms with Crippen molar-refractivity contribution in [2.75, 3.05) is 46.4 Å². The van der Waals surface area contributed by atoms with Crippen LogP contribution in [0.5, 0.6) is 5.75 Å². The van der Waals surface area contributed by atoms with Crippen LogP contribution in [-0.4, -0.2) is 74.4 Å². The van der Waals surface area contributed by atoms with Crippen molar-refractivity contribution in [3.63, 3.8) is 0 Å². The van der Waals surface area contributed by atoms with Crippen LogP contribution in [0.4, 0.5) is 13.2 Å². The Morgan fingerprint density at radius 3 is 2.57 bits per heavy atom. The zero-order chi connectivity index (χ0) is 20.1. The highest BCUT2D eigenvalue weighted by atomic mass is 19.4. The number of nitrogens with zero attached hydrogens (tertiary/aromatic N) is 3. The van der Waals surface area contributed by atoms with Crippen molar-refractivity contribution in [2.24, 2.45) is 4.99 Å². The maximum Gasteiger partial charge on any atom is 0.401 e. The molecule has 8 heteroatoms. The van der Waals surface area contributed by atoms with Crippen LogP contribution in [0.25, 0.3) is 0 Å². The van der Waals surface area contributed by atoms with Gasteiger partial charge in [0.25, 0.3) is 0 Å². The number of likely N-dealkylation sites (tertiary alicyclic amines) is 2. The molecule has 3 rings (SSSR count). The van der Waals surface area contributed by atoms with Crippen LogP contribution in [0.1, 0.15) is 31.2 Å². The second-order valence-corrected chi connectivity index (χ2v) is 7.48. The molecule has 2 aliphatic rings. The van der Waals surface area contributed by atoms with Gasteiger partial charge < -0.3 is 15.0 Å². The Hall–Kier alpha value is -1.96. The minimum atomic E-state index is -4.14. The molecule has 0 saturated carbocycles. The number of nitrogens with one attached hydrogen (secondary N) is 1. The summed E-state index contributed by atoms with van der Waals surface area (Å²) in [4.78, 5) is 8.29. The molecule has 2 atom stereocenters. The second-order valence-electron chi connectivity index (χ2n) is 7.48. The molecule has 2 aliphatic heterocycles. The normalized spacial score (nSPS) is 24.0. The third-order valence-corrected chi connectivity index (χ3v) is 5.39. The summed E-state index contributed by atoms with van der Waals surface area (Å²) in [5.41, 5.74) is 1.27. The van der Waals surface area contributed by atoms with Crippen LogP contribution in [0.3, 0.4) is 0 Å². The molecule has 2 heterocycles. The SMILES string of the molecule is CCN=C(NC1CCN(CC(F)(F)F)C1)N1CCC(c2ccc(OC)cc2)C1. The Kier molecular flexibility index (Phi) is 6.69. The summed E-state index contributed by atoms with van der Waals surface area (Å²) < 4.78 is 43.1. The molecule has 0 radical (unpaired) electrons. The second kappa shape index (κ2) is 9.03. The molecule has 28 heavy (non-hydrogen) atoms. The molecule has 5 nitrogen and oxygen atoms in total. The van der Waals surface area contributed by atoms with E-state index in [1.54, 1.807) is 7.11 Å². The van der Waals surface area contributed by atoms with Crippen molar-refractivity contribution in [1.82, 2.24) is 15.1 Å². The van der Waals surface area contributed by atoms with Crippen LogP contribution >= 0.6 is 0 Å².